The van der Waals surface area contributed by atoms with E-state index in [9.17, 15) is 9.59 Å². The lowest BCUT2D eigenvalue weighted by Crippen LogP contribution is -2.09. The van der Waals surface area contributed by atoms with Crippen molar-refractivity contribution in [1.82, 2.24) is 4.57 Å². The summed E-state index contributed by atoms with van der Waals surface area (Å²) in [5.74, 6) is -0.688. The third-order valence-corrected chi connectivity index (χ3v) is 3.11. The van der Waals surface area contributed by atoms with Crippen LogP contribution in [0.1, 0.15) is 12.5 Å². The molecule has 6 heteroatoms. The van der Waals surface area contributed by atoms with Crippen molar-refractivity contribution < 1.29 is 19.5 Å². The molecule has 0 spiro atoms. The van der Waals surface area contributed by atoms with Gasteiger partial charge in [0.2, 0.25) is 5.78 Å². The van der Waals surface area contributed by atoms with Gasteiger partial charge in [0.05, 0.1) is 18.3 Å². The molecule has 108 valence electrons. The second-order valence-corrected chi connectivity index (χ2v) is 4.37. The first-order chi connectivity index (χ1) is 10.1. The fraction of sp³-hybridized carbons (Fsp3) is 0.133. The normalized spacial score (nSPS) is 12.5. The van der Waals surface area contributed by atoms with Gasteiger partial charge in [0.25, 0.3) is 0 Å². The first kappa shape index (κ1) is 14.5. The highest BCUT2D eigenvalue weighted by molar-refractivity contribution is 6.43. The SMILES string of the molecule is CO/C=C(/C(=O)C=O)n1ccc2ccc(/C(C)=N/O)cc21. The molecule has 0 aliphatic rings. The minimum Gasteiger partial charge on any atom is -0.502 e. The lowest BCUT2D eigenvalue weighted by atomic mass is 10.1. The average Bonchev–Trinajstić information content (AvgIpc) is 2.93. The summed E-state index contributed by atoms with van der Waals surface area (Å²) in [6.07, 6.45) is 3.13. The van der Waals surface area contributed by atoms with Crippen molar-refractivity contribution in [2.75, 3.05) is 7.11 Å². The van der Waals surface area contributed by atoms with Crippen LogP contribution in [-0.4, -0.2) is 34.7 Å². The van der Waals surface area contributed by atoms with E-state index in [4.69, 9.17) is 9.94 Å². The van der Waals surface area contributed by atoms with E-state index in [1.54, 1.807) is 23.8 Å². The van der Waals surface area contributed by atoms with Crippen molar-refractivity contribution in [3.05, 3.63) is 42.3 Å². The molecule has 0 radical (unpaired) electrons. The van der Waals surface area contributed by atoms with E-state index < -0.39 is 5.78 Å². The zero-order valence-electron chi connectivity index (χ0n) is 11.6. The summed E-state index contributed by atoms with van der Waals surface area (Å²) in [6, 6.07) is 7.23. The Balaban J connectivity index is 2.66. The van der Waals surface area contributed by atoms with Crippen LogP contribution in [0, 0.1) is 0 Å². The average molecular weight is 286 g/mol. The first-order valence-corrected chi connectivity index (χ1v) is 6.15. The van der Waals surface area contributed by atoms with Crippen molar-refractivity contribution in [3.63, 3.8) is 0 Å². The summed E-state index contributed by atoms with van der Waals surface area (Å²) in [5, 5.41) is 12.9. The monoisotopic (exact) mass is 286 g/mol. The third kappa shape index (κ3) is 2.69. The second-order valence-electron chi connectivity index (χ2n) is 4.37. The van der Waals surface area contributed by atoms with E-state index in [1.807, 2.05) is 18.2 Å². The lowest BCUT2D eigenvalue weighted by Gasteiger charge is -2.07. The van der Waals surface area contributed by atoms with Crippen LogP contribution in [0.25, 0.3) is 16.6 Å². The standard InChI is InChI=1S/C15H14N2O4/c1-10(16-20)12-4-3-11-5-6-17(13(11)7-12)14(9-21-2)15(19)8-18/h3-9,20H,1-2H3/b14-9-,16-10+. The van der Waals surface area contributed by atoms with Gasteiger partial charge in [-0.3, -0.25) is 9.59 Å². The number of ether oxygens (including phenoxy) is 1. The Hall–Kier alpha value is -2.89. The van der Waals surface area contributed by atoms with Gasteiger partial charge in [-0.2, -0.15) is 0 Å². The van der Waals surface area contributed by atoms with E-state index in [-0.39, 0.29) is 12.0 Å². The molecule has 1 aromatic carbocycles. The molecule has 0 fully saturated rings. The van der Waals surface area contributed by atoms with Crippen LogP contribution in [0.3, 0.4) is 0 Å². The highest BCUT2D eigenvalue weighted by atomic mass is 16.5. The molecule has 0 saturated heterocycles. The molecule has 0 aliphatic heterocycles. The summed E-state index contributed by atoms with van der Waals surface area (Å²) < 4.78 is 6.43. The minimum atomic E-state index is -0.688. The molecule has 21 heavy (non-hydrogen) atoms. The zero-order chi connectivity index (χ0) is 15.4. The van der Waals surface area contributed by atoms with Crippen LogP contribution in [0.5, 0.6) is 0 Å². The summed E-state index contributed by atoms with van der Waals surface area (Å²) in [6.45, 7) is 1.66. The number of benzene rings is 1. The van der Waals surface area contributed by atoms with E-state index in [1.165, 1.54) is 13.4 Å². The number of Topliss-reactive ketones (excluding diaryl/α,β-unsaturated/α-hetero) is 1. The quantitative estimate of drug-likeness (QED) is 0.173. The molecule has 1 N–H and O–H groups in total. The van der Waals surface area contributed by atoms with Crippen molar-refractivity contribution in [1.29, 1.82) is 0 Å². The molecule has 0 unspecified atom stereocenters. The number of hydrogen-bond donors (Lipinski definition) is 1. The Kier molecular flexibility index (Phi) is 4.18. The smallest absolute Gasteiger partial charge is 0.245 e. The van der Waals surface area contributed by atoms with Gasteiger partial charge in [-0.1, -0.05) is 17.3 Å². The highest BCUT2D eigenvalue weighted by Gasteiger charge is 2.14. The van der Waals surface area contributed by atoms with Gasteiger partial charge in [0.15, 0.2) is 6.29 Å². The van der Waals surface area contributed by atoms with Crippen molar-refractivity contribution in [2.45, 2.75) is 6.92 Å². The third-order valence-electron chi connectivity index (χ3n) is 3.11. The molecule has 0 bridgehead atoms. The van der Waals surface area contributed by atoms with Crippen LogP contribution in [0.15, 0.2) is 41.9 Å². The van der Waals surface area contributed by atoms with Gasteiger partial charge in [0, 0.05) is 11.8 Å². The van der Waals surface area contributed by atoms with E-state index in [0.29, 0.717) is 16.8 Å². The van der Waals surface area contributed by atoms with Crippen molar-refractivity contribution in [2.24, 2.45) is 5.16 Å². The maximum Gasteiger partial charge on any atom is 0.245 e. The number of methoxy groups -OCH3 is 1. The topological polar surface area (TPSA) is 80.9 Å². The number of aldehydes is 1. The number of rotatable bonds is 5. The predicted octanol–water partition coefficient (Wildman–Crippen LogP) is 2.05. The van der Waals surface area contributed by atoms with Gasteiger partial charge in [-0.15, -0.1) is 0 Å². The summed E-state index contributed by atoms with van der Waals surface area (Å²) in [7, 11) is 1.40. The van der Waals surface area contributed by atoms with Gasteiger partial charge in [0.1, 0.15) is 12.0 Å². The van der Waals surface area contributed by atoms with Gasteiger partial charge in [-0.25, -0.2) is 0 Å². The molecule has 0 atom stereocenters. The Morgan fingerprint density at radius 1 is 1.38 bits per heavy atom. The summed E-state index contributed by atoms with van der Waals surface area (Å²) in [4.78, 5) is 22.5. The van der Waals surface area contributed by atoms with Crippen molar-refractivity contribution in [3.8, 4) is 0 Å². The number of allylic oxidation sites excluding steroid dienone is 1. The minimum absolute atomic E-state index is 0.109. The molecule has 1 heterocycles. The number of fused-ring (bicyclic) bond motifs is 1. The fourth-order valence-electron chi connectivity index (χ4n) is 2.03. The van der Waals surface area contributed by atoms with E-state index in [2.05, 4.69) is 5.16 Å². The van der Waals surface area contributed by atoms with E-state index in [0.717, 1.165) is 5.39 Å². The maximum atomic E-state index is 11.7. The number of carbonyl (C=O) groups excluding carboxylic acids is 2. The maximum absolute atomic E-state index is 11.7. The van der Waals surface area contributed by atoms with Crippen LogP contribution in [-0.2, 0) is 14.3 Å². The van der Waals surface area contributed by atoms with Crippen LogP contribution < -0.4 is 0 Å². The number of ketones is 1. The molecule has 0 amide bonds. The Bertz CT molecular complexity index is 756. The molecular formula is C15H14N2O4. The number of aromatic nitrogens is 1. The summed E-state index contributed by atoms with van der Waals surface area (Å²) >= 11 is 0. The molecular weight excluding hydrogens is 272 g/mol. The molecule has 6 nitrogen and oxygen atoms in total. The lowest BCUT2D eigenvalue weighted by molar-refractivity contribution is -0.126. The van der Waals surface area contributed by atoms with Crippen LogP contribution in [0.2, 0.25) is 0 Å². The van der Waals surface area contributed by atoms with Crippen LogP contribution in [0.4, 0.5) is 0 Å². The van der Waals surface area contributed by atoms with Gasteiger partial charge >= 0.3 is 0 Å². The van der Waals surface area contributed by atoms with Crippen molar-refractivity contribution >= 4 is 34.4 Å². The van der Waals surface area contributed by atoms with E-state index >= 15 is 0 Å². The fourth-order valence-corrected chi connectivity index (χ4v) is 2.03. The Labute approximate surface area is 120 Å². The second kappa shape index (κ2) is 6.04. The number of hydrogen-bond acceptors (Lipinski definition) is 5. The van der Waals surface area contributed by atoms with Crippen LogP contribution >= 0.6 is 0 Å². The molecule has 1 aromatic heterocycles. The zero-order valence-corrected chi connectivity index (χ0v) is 11.6. The first-order valence-electron chi connectivity index (χ1n) is 6.15. The molecule has 2 rings (SSSR count). The molecule has 2 aromatic rings. The Morgan fingerprint density at radius 2 is 2.14 bits per heavy atom. The Morgan fingerprint density at radius 3 is 2.76 bits per heavy atom. The van der Waals surface area contributed by atoms with Gasteiger partial charge in [-0.05, 0) is 24.4 Å². The van der Waals surface area contributed by atoms with Gasteiger partial charge < -0.3 is 14.5 Å². The number of oxime groups is 1. The molecule has 0 saturated carbocycles. The number of nitrogens with zero attached hydrogens (tertiary/aromatic N) is 2. The molecule has 0 aliphatic carbocycles. The summed E-state index contributed by atoms with van der Waals surface area (Å²) in [5.41, 5.74) is 1.97. The predicted molar refractivity (Wildman–Crippen MR) is 78.3 cm³/mol. The highest BCUT2D eigenvalue weighted by Crippen LogP contribution is 2.22. The largest absolute Gasteiger partial charge is 0.502 e. The number of carbonyl (C=O) groups is 2.